The Hall–Kier alpha value is -2.93. The highest BCUT2D eigenvalue weighted by Crippen LogP contribution is 2.41. The summed E-state index contributed by atoms with van der Waals surface area (Å²) in [5, 5.41) is 14.0. The molecule has 0 saturated carbocycles. The maximum Gasteiger partial charge on any atom is 0.423 e. The second-order valence-corrected chi connectivity index (χ2v) is 13.7. The molecule has 3 atom stereocenters. The van der Waals surface area contributed by atoms with E-state index in [-0.39, 0.29) is 6.42 Å². The van der Waals surface area contributed by atoms with E-state index in [4.69, 9.17) is 14.3 Å². The lowest BCUT2D eigenvalue weighted by atomic mass is 9.94. The van der Waals surface area contributed by atoms with Crippen LogP contribution < -0.4 is 5.32 Å². The van der Waals surface area contributed by atoms with Gasteiger partial charge in [-0.2, -0.15) is 13.2 Å². The number of halogens is 3. The van der Waals surface area contributed by atoms with Crippen LogP contribution >= 0.6 is 0 Å². The lowest BCUT2D eigenvalue weighted by molar-refractivity contribution is -0.268. The van der Waals surface area contributed by atoms with Crippen LogP contribution in [-0.4, -0.2) is 61.3 Å². The zero-order valence-corrected chi connectivity index (χ0v) is 23.7. The van der Waals surface area contributed by atoms with E-state index in [1.54, 1.807) is 65.8 Å². The molecule has 218 valence electrons. The van der Waals surface area contributed by atoms with Crippen molar-refractivity contribution in [2.45, 2.75) is 83.4 Å². The Morgan fingerprint density at radius 1 is 1.03 bits per heavy atom. The average Bonchev–Trinajstić information content (AvgIpc) is 2.76. The molecule has 0 saturated heterocycles. The van der Waals surface area contributed by atoms with Crippen molar-refractivity contribution in [2.24, 2.45) is 0 Å². The lowest BCUT2D eigenvalue weighted by Gasteiger charge is -2.30. The molecule has 0 spiro atoms. The molecule has 2 rings (SSSR count). The number of hydrogen-bond donors (Lipinski definition) is 3. The number of fused-ring (bicyclic) bond motifs is 1. The van der Waals surface area contributed by atoms with E-state index in [1.165, 1.54) is 6.20 Å². The number of hydrogen-bond acceptors (Lipinski definition) is 8. The minimum absolute atomic E-state index is 0.366. The molecule has 13 heteroatoms. The quantitative estimate of drug-likeness (QED) is 0.356. The molecule has 9 nitrogen and oxygen atoms in total. The third kappa shape index (κ3) is 9.64. The van der Waals surface area contributed by atoms with Crippen LogP contribution in [0.15, 0.2) is 36.5 Å². The molecule has 0 fully saturated rings. The van der Waals surface area contributed by atoms with Gasteiger partial charge < -0.3 is 19.9 Å². The van der Waals surface area contributed by atoms with Crippen molar-refractivity contribution in [2.75, 3.05) is 11.5 Å². The number of carbonyl (C=O) groups excluding carboxylic acids is 2. The van der Waals surface area contributed by atoms with E-state index in [0.29, 0.717) is 10.8 Å². The molecule has 1 aromatic carbocycles. The van der Waals surface area contributed by atoms with Crippen LogP contribution in [0, 0.1) is 4.78 Å². The van der Waals surface area contributed by atoms with Crippen molar-refractivity contribution in [1.29, 1.82) is 4.78 Å². The second kappa shape index (κ2) is 11.7. The fourth-order valence-corrected chi connectivity index (χ4v) is 4.96. The third-order valence-electron chi connectivity index (χ3n) is 5.44. The molecule has 39 heavy (non-hydrogen) atoms. The lowest BCUT2D eigenvalue weighted by Crippen LogP contribution is -2.47. The molecule has 1 heterocycles. The number of amides is 1. The maximum atomic E-state index is 14.1. The van der Waals surface area contributed by atoms with Crippen LogP contribution in [0.3, 0.4) is 0 Å². The van der Waals surface area contributed by atoms with Gasteiger partial charge >= 0.3 is 18.2 Å². The summed E-state index contributed by atoms with van der Waals surface area (Å²) in [5.41, 5.74) is -5.95. The van der Waals surface area contributed by atoms with Gasteiger partial charge in [-0.05, 0) is 59.4 Å². The molecule has 0 bridgehead atoms. The van der Waals surface area contributed by atoms with E-state index in [0.717, 1.165) is 6.07 Å². The first-order valence-electron chi connectivity index (χ1n) is 12.2. The van der Waals surface area contributed by atoms with Crippen LogP contribution in [0.4, 0.5) is 18.0 Å². The normalized spacial score (nSPS) is 16.6. The predicted molar refractivity (Wildman–Crippen MR) is 141 cm³/mol. The molecule has 1 amide bonds. The summed E-state index contributed by atoms with van der Waals surface area (Å²) in [6.45, 7) is 9.62. The zero-order chi connectivity index (χ0) is 29.9. The Kier molecular flexibility index (Phi) is 9.66. The maximum absolute atomic E-state index is 14.1. The fourth-order valence-electron chi connectivity index (χ4n) is 3.52. The second-order valence-electron chi connectivity index (χ2n) is 11.3. The van der Waals surface area contributed by atoms with Gasteiger partial charge in [-0.3, -0.25) is 9.76 Å². The van der Waals surface area contributed by atoms with Crippen LogP contribution in [0.5, 0.6) is 0 Å². The van der Waals surface area contributed by atoms with Gasteiger partial charge in [-0.1, -0.05) is 24.3 Å². The summed E-state index contributed by atoms with van der Waals surface area (Å²) in [7, 11) is -3.76. The average molecular weight is 576 g/mol. The van der Waals surface area contributed by atoms with Gasteiger partial charge in [0.1, 0.15) is 17.2 Å². The number of aliphatic hydroxyl groups is 1. The van der Waals surface area contributed by atoms with Crippen molar-refractivity contribution in [3.63, 3.8) is 0 Å². The van der Waals surface area contributed by atoms with E-state index < -0.39 is 74.4 Å². The fraction of sp³-hybridized carbons (Fsp3) is 0.577. The molecular weight excluding hydrogens is 539 g/mol. The number of alkyl carbamates (subject to hydrolysis) is 1. The highest BCUT2D eigenvalue weighted by Gasteiger charge is 2.56. The van der Waals surface area contributed by atoms with Gasteiger partial charge in [0.15, 0.2) is 0 Å². The highest BCUT2D eigenvalue weighted by atomic mass is 32.2. The standard InChI is InChI=1S/C26H36F3N3O6S/c1-23(2,3)37-21(33)19(32-22(34)38-24(4,5)6)11-13-39(30,36)14-12-25(35,26(27,28)29)20-15-17-9-7-8-10-18(17)16-31-20/h7-10,15-16,19,30,35H,11-14H2,1-6H3,(H,32,34)/t19-,25?,39?/m0/s1. The van der Waals surface area contributed by atoms with Crippen LogP contribution in [-0.2, 0) is 29.6 Å². The Morgan fingerprint density at radius 2 is 1.59 bits per heavy atom. The molecule has 0 radical (unpaired) electrons. The van der Waals surface area contributed by atoms with Gasteiger partial charge in [-0.25, -0.2) is 13.8 Å². The van der Waals surface area contributed by atoms with E-state index >= 15 is 0 Å². The first-order valence-corrected chi connectivity index (χ1v) is 14.1. The number of ether oxygens (including phenoxy) is 2. The van der Waals surface area contributed by atoms with E-state index in [9.17, 15) is 32.1 Å². The number of rotatable bonds is 9. The Balaban J connectivity index is 2.21. The summed E-state index contributed by atoms with van der Waals surface area (Å²) in [4.78, 5) is 28.7. The first-order chi connectivity index (χ1) is 17.6. The predicted octanol–water partition coefficient (Wildman–Crippen LogP) is 5.05. The minimum Gasteiger partial charge on any atom is -0.458 e. The van der Waals surface area contributed by atoms with Crippen molar-refractivity contribution in [1.82, 2.24) is 10.3 Å². The van der Waals surface area contributed by atoms with E-state index in [2.05, 4.69) is 10.3 Å². The van der Waals surface area contributed by atoms with Crippen molar-refractivity contribution in [3.05, 3.63) is 42.2 Å². The van der Waals surface area contributed by atoms with Crippen LogP contribution in [0.2, 0.25) is 0 Å². The largest absolute Gasteiger partial charge is 0.458 e. The van der Waals surface area contributed by atoms with Crippen molar-refractivity contribution in [3.8, 4) is 0 Å². The Morgan fingerprint density at radius 3 is 2.13 bits per heavy atom. The number of pyridine rings is 1. The van der Waals surface area contributed by atoms with Crippen LogP contribution in [0.25, 0.3) is 10.8 Å². The van der Waals surface area contributed by atoms with Gasteiger partial charge in [-0.15, -0.1) is 0 Å². The Labute approximate surface area is 226 Å². The molecule has 0 aliphatic heterocycles. The Bertz CT molecular complexity index is 1290. The molecule has 1 aromatic heterocycles. The van der Waals surface area contributed by atoms with E-state index in [1.807, 2.05) is 0 Å². The molecule has 0 aliphatic carbocycles. The summed E-state index contributed by atoms with van der Waals surface area (Å²) in [6.07, 6.45) is -6.39. The number of nitrogens with one attached hydrogen (secondary N) is 2. The van der Waals surface area contributed by atoms with Gasteiger partial charge in [0.2, 0.25) is 5.60 Å². The molecular formula is C26H36F3N3O6S. The van der Waals surface area contributed by atoms with Crippen molar-refractivity contribution >= 4 is 32.6 Å². The summed E-state index contributed by atoms with van der Waals surface area (Å²) in [5.74, 6) is -2.27. The number of carbonyl (C=O) groups is 2. The summed E-state index contributed by atoms with van der Waals surface area (Å²) < 4.78 is 73.8. The molecule has 0 aliphatic rings. The monoisotopic (exact) mass is 575 g/mol. The van der Waals surface area contributed by atoms with Gasteiger partial charge in [0.25, 0.3) is 0 Å². The number of nitrogens with zero attached hydrogens (tertiary/aromatic N) is 1. The number of benzene rings is 1. The molecule has 3 N–H and O–H groups in total. The molecule has 2 aromatic rings. The SMILES string of the molecule is CC(C)(C)OC(=O)N[C@@H](CCS(=N)(=O)CCC(O)(c1cc2ccccc2cn1)C(F)(F)F)C(=O)OC(C)(C)C. The number of esters is 1. The summed E-state index contributed by atoms with van der Waals surface area (Å²) in [6, 6.07) is 6.28. The number of alkyl halides is 3. The number of aromatic nitrogens is 1. The molecule has 2 unspecified atom stereocenters. The smallest absolute Gasteiger partial charge is 0.423 e. The summed E-state index contributed by atoms with van der Waals surface area (Å²) >= 11 is 0. The highest BCUT2D eigenvalue weighted by molar-refractivity contribution is 7.92. The van der Waals surface area contributed by atoms with Crippen LogP contribution in [0.1, 0.15) is 60.1 Å². The first kappa shape index (κ1) is 32.3. The third-order valence-corrected chi connectivity index (χ3v) is 7.19. The zero-order valence-electron chi connectivity index (χ0n) is 22.8. The minimum atomic E-state index is -5.17. The van der Waals surface area contributed by atoms with Gasteiger partial charge in [0.05, 0.1) is 5.69 Å². The topological polar surface area (TPSA) is 139 Å². The van der Waals surface area contributed by atoms with Gasteiger partial charge in [0, 0.05) is 39.2 Å². The van der Waals surface area contributed by atoms with Crippen molar-refractivity contribution < 1.29 is 41.5 Å².